The van der Waals surface area contributed by atoms with Crippen LogP contribution in [0.15, 0.2) is 24.3 Å². The Morgan fingerprint density at radius 3 is 2.52 bits per heavy atom. The molecule has 0 aliphatic rings. The van der Waals surface area contributed by atoms with E-state index in [1.54, 1.807) is 14.1 Å². The third-order valence-corrected chi connectivity index (χ3v) is 5.20. The molecule has 0 heterocycles. The quantitative estimate of drug-likeness (QED) is 0.827. The van der Waals surface area contributed by atoms with Crippen molar-refractivity contribution in [3.63, 3.8) is 0 Å². The van der Waals surface area contributed by atoms with Gasteiger partial charge < -0.3 is 5.11 Å². The van der Waals surface area contributed by atoms with Gasteiger partial charge in [0.05, 0.1) is 0 Å². The Hall–Kier alpha value is -1.39. The predicted molar refractivity (Wildman–Crippen MR) is 83.7 cm³/mol. The molecule has 5 nitrogen and oxygen atoms in total. The maximum absolute atomic E-state index is 12.3. The van der Waals surface area contributed by atoms with Crippen LogP contribution in [0, 0.1) is 11.8 Å². The summed E-state index contributed by atoms with van der Waals surface area (Å²) in [5.41, 5.74) is 1.60. The van der Waals surface area contributed by atoms with Gasteiger partial charge in [0.15, 0.2) is 0 Å². The molecular formula is C15H22N2O3S. The summed E-state index contributed by atoms with van der Waals surface area (Å²) in [5, 5.41) is 8.70. The minimum absolute atomic E-state index is 0.0980. The Bertz CT molecular complexity index is 630. The molecule has 0 amide bonds. The summed E-state index contributed by atoms with van der Waals surface area (Å²) in [7, 11) is -0.351. The highest BCUT2D eigenvalue weighted by Crippen LogP contribution is 2.13. The first kappa shape index (κ1) is 17.7. The lowest BCUT2D eigenvalue weighted by atomic mass is 10.1. The second kappa shape index (κ2) is 7.57. The average Bonchev–Trinajstić information content (AvgIpc) is 2.44. The molecule has 21 heavy (non-hydrogen) atoms. The smallest absolute Gasteiger partial charge is 0.282 e. The summed E-state index contributed by atoms with van der Waals surface area (Å²) in [5.74, 6) is 5.38. The number of aliphatic hydroxyl groups is 1. The first-order valence-electron chi connectivity index (χ1n) is 6.67. The maximum atomic E-state index is 12.3. The van der Waals surface area contributed by atoms with Crippen molar-refractivity contribution in [2.24, 2.45) is 0 Å². The van der Waals surface area contributed by atoms with Gasteiger partial charge in [0.2, 0.25) is 0 Å². The van der Waals surface area contributed by atoms with Crippen LogP contribution in [0.1, 0.15) is 25.0 Å². The van der Waals surface area contributed by atoms with E-state index in [2.05, 4.69) is 11.8 Å². The second-order valence-electron chi connectivity index (χ2n) is 5.03. The highest BCUT2D eigenvalue weighted by Gasteiger charge is 2.25. The maximum Gasteiger partial charge on any atom is 0.282 e. The van der Waals surface area contributed by atoms with Crippen LogP contribution in [0.2, 0.25) is 0 Å². The van der Waals surface area contributed by atoms with E-state index in [-0.39, 0.29) is 19.2 Å². The highest BCUT2D eigenvalue weighted by molar-refractivity contribution is 7.86. The molecule has 0 atom stereocenters. The average molecular weight is 310 g/mol. The third-order valence-electron chi connectivity index (χ3n) is 3.13. The lowest BCUT2D eigenvalue weighted by Crippen LogP contribution is -2.42. The molecule has 0 saturated heterocycles. The van der Waals surface area contributed by atoms with E-state index in [9.17, 15) is 8.42 Å². The van der Waals surface area contributed by atoms with Crippen LogP contribution < -0.4 is 0 Å². The zero-order valence-corrected chi connectivity index (χ0v) is 13.7. The molecular weight excluding hydrogens is 288 g/mol. The van der Waals surface area contributed by atoms with Crippen molar-refractivity contribution in [3.8, 4) is 11.8 Å². The second-order valence-corrected chi connectivity index (χ2v) is 7.13. The summed E-state index contributed by atoms with van der Waals surface area (Å²) in [6, 6.07) is 7.22. The molecule has 0 aromatic heterocycles. The number of benzene rings is 1. The largest absolute Gasteiger partial charge is 0.384 e. The molecule has 0 radical (unpaired) electrons. The van der Waals surface area contributed by atoms with Gasteiger partial charge in [0.25, 0.3) is 10.2 Å². The van der Waals surface area contributed by atoms with Gasteiger partial charge in [0, 0.05) is 32.2 Å². The Labute approximate surface area is 127 Å². The van der Waals surface area contributed by atoms with Gasteiger partial charge in [-0.1, -0.05) is 24.0 Å². The van der Waals surface area contributed by atoms with Gasteiger partial charge in [-0.2, -0.15) is 17.0 Å². The van der Waals surface area contributed by atoms with E-state index in [0.29, 0.717) is 0 Å². The molecule has 0 aliphatic carbocycles. The van der Waals surface area contributed by atoms with Crippen LogP contribution in [0.5, 0.6) is 0 Å². The number of nitrogens with zero attached hydrogens (tertiary/aromatic N) is 2. The van der Waals surface area contributed by atoms with Crippen LogP contribution >= 0.6 is 0 Å². The zero-order valence-electron chi connectivity index (χ0n) is 12.9. The van der Waals surface area contributed by atoms with Crippen LogP contribution in [-0.2, 0) is 16.8 Å². The van der Waals surface area contributed by atoms with E-state index in [1.165, 1.54) is 8.61 Å². The fourth-order valence-corrected chi connectivity index (χ4v) is 3.00. The van der Waals surface area contributed by atoms with E-state index >= 15 is 0 Å². The molecule has 0 unspecified atom stereocenters. The first-order chi connectivity index (χ1) is 9.78. The molecule has 0 bridgehead atoms. The van der Waals surface area contributed by atoms with E-state index in [0.717, 1.165) is 11.1 Å². The van der Waals surface area contributed by atoms with Gasteiger partial charge >= 0.3 is 0 Å². The molecule has 6 heteroatoms. The van der Waals surface area contributed by atoms with Crippen LogP contribution in [0.25, 0.3) is 0 Å². The minimum Gasteiger partial charge on any atom is -0.384 e. The fourth-order valence-electron chi connectivity index (χ4n) is 1.71. The van der Waals surface area contributed by atoms with Crippen LogP contribution in [-0.4, -0.2) is 48.9 Å². The summed E-state index contributed by atoms with van der Waals surface area (Å²) < 4.78 is 27.3. The van der Waals surface area contributed by atoms with Crippen LogP contribution in [0.4, 0.5) is 0 Å². The molecule has 0 fully saturated rings. The molecule has 1 aromatic carbocycles. The van der Waals surface area contributed by atoms with Crippen molar-refractivity contribution in [2.45, 2.75) is 26.4 Å². The lowest BCUT2D eigenvalue weighted by Gasteiger charge is -2.27. The van der Waals surface area contributed by atoms with Gasteiger partial charge in [-0.15, -0.1) is 0 Å². The summed E-state index contributed by atoms with van der Waals surface area (Å²) >= 11 is 0. The molecule has 0 spiro atoms. The first-order valence-corrected chi connectivity index (χ1v) is 8.06. The van der Waals surface area contributed by atoms with Crippen molar-refractivity contribution in [2.75, 3.05) is 20.7 Å². The topological polar surface area (TPSA) is 60.9 Å². The van der Waals surface area contributed by atoms with Gasteiger partial charge in [-0.05, 0) is 31.5 Å². The molecule has 1 N–H and O–H groups in total. The predicted octanol–water partition coefficient (Wildman–Crippen LogP) is 1.05. The summed E-state index contributed by atoms with van der Waals surface area (Å²) in [6.45, 7) is 3.73. The fraction of sp³-hybridized carbons (Fsp3) is 0.467. The van der Waals surface area contributed by atoms with Crippen molar-refractivity contribution in [1.29, 1.82) is 0 Å². The molecule has 1 aromatic rings. The number of hydrogen-bond donors (Lipinski definition) is 1. The van der Waals surface area contributed by atoms with Crippen LogP contribution in [0.3, 0.4) is 0 Å². The van der Waals surface area contributed by atoms with Gasteiger partial charge in [0.1, 0.15) is 6.61 Å². The summed E-state index contributed by atoms with van der Waals surface area (Å²) in [4.78, 5) is 0. The molecule has 116 valence electrons. The molecule has 0 aliphatic heterocycles. The van der Waals surface area contributed by atoms with E-state index in [1.807, 2.05) is 38.1 Å². The monoisotopic (exact) mass is 310 g/mol. The van der Waals surface area contributed by atoms with Crippen molar-refractivity contribution in [3.05, 3.63) is 35.4 Å². The standard InChI is InChI=1S/C15H22N2O3S/c1-13(2)17(4)21(19,20)16(3)12-15-8-5-7-14(11-15)9-6-10-18/h5,7-8,11,13,18H,10,12H2,1-4H3. The lowest BCUT2D eigenvalue weighted by molar-refractivity contribution is 0.350. The van der Waals surface area contributed by atoms with Crippen molar-refractivity contribution < 1.29 is 13.5 Å². The third kappa shape index (κ3) is 4.83. The number of rotatable bonds is 5. The Morgan fingerprint density at radius 1 is 1.29 bits per heavy atom. The van der Waals surface area contributed by atoms with E-state index < -0.39 is 10.2 Å². The highest BCUT2D eigenvalue weighted by atomic mass is 32.2. The Morgan fingerprint density at radius 2 is 1.95 bits per heavy atom. The van der Waals surface area contributed by atoms with Crippen molar-refractivity contribution >= 4 is 10.2 Å². The Kier molecular flexibility index (Phi) is 6.37. The minimum atomic E-state index is -3.48. The number of hydrogen-bond acceptors (Lipinski definition) is 3. The normalized spacial score (nSPS) is 11.8. The molecule has 0 saturated carbocycles. The van der Waals surface area contributed by atoms with Gasteiger partial charge in [-0.25, -0.2) is 0 Å². The Balaban J connectivity index is 2.91. The SMILES string of the molecule is CC(C)N(C)S(=O)(=O)N(C)Cc1cccc(C#CCO)c1. The summed E-state index contributed by atoms with van der Waals surface area (Å²) in [6.07, 6.45) is 0. The molecule has 1 rings (SSSR count). The van der Waals surface area contributed by atoms with E-state index in [4.69, 9.17) is 5.11 Å². The van der Waals surface area contributed by atoms with Gasteiger partial charge in [-0.3, -0.25) is 0 Å². The number of aliphatic hydroxyl groups excluding tert-OH is 1. The zero-order chi connectivity index (χ0) is 16.0. The van der Waals surface area contributed by atoms with Crippen molar-refractivity contribution in [1.82, 2.24) is 8.61 Å².